The summed E-state index contributed by atoms with van der Waals surface area (Å²) in [6.45, 7) is 2.12. The Labute approximate surface area is 104 Å². The van der Waals surface area contributed by atoms with E-state index in [1.165, 1.54) is 15.8 Å². The van der Waals surface area contributed by atoms with Gasteiger partial charge in [0.2, 0.25) is 0 Å². The highest BCUT2D eigenvalue weighted by Gasteiger charge is 2.05. The van der Waals surface area contributed by atoms with Crippen LogP contribution in [0.2, 0.25) is 0 Å². The van der Waals surface area contributed by atoms with Gasteiger partial charge in [0.1, 0.15) is 5.75 Å². The van der Waals surface area contributed by atoms with E-state index in [4.69, 9.17) is 4.74 Å². The molecule has 0 aliphatic heterocycles. The Bertz CT molecular complexity index is 666. The van der Waals surface area contributed by atoms with Gasteiger partial charge in [-0.25, -0.2) is 0 Å². The lowest BCUT2D eigenvalue weighted by Gasteiger charge is -1.97. The first-order chi connectivity index (χ1) is 8.26. The minimum atomic E-state index is 0.882. The minimum absolute atomic E-state index is 0.882. The van der Waals surface area contributed by atoms with Crippen LogP contribution in [0.25, 0.3) is 22.2 Å². The second-order valence-corrected chi connectivity index (χ2v) is 5.20. The molecule has 1 aromatic carbocycles. The van der Waals surface area contributed by atoms with Gasteiger partial charge in [0.25, 0.3) is 0 Å². The first kappa shape index (κ1) is 10.4. The number of thiophene rings is 1. The molecule has 0 saturated carbocycles. The number of H-pyrrole nitrogens is 1. The predicted molar refractivity (Wildman–Crippen MR) is 72.9 cm³/mol. The standard InChI is InChI=1S/C14H13NOS/c1-9-5-11(8-17-9)13-6-10-3-4-12(16-2)7-14(10)15-13/h3-8,15H,1-2H3. The van der Waals surface area contributed by atoms with Crippen LogP contribution in [0.4, 0.5) is 0 Å². The van der Waals surface area contributed by atoms with Crippen molar-refractivity contribution in [2.75, 3.05) is 7.11 Å². The van der Waals surface area contributed by atoms with Crippen molar-refractivity contribution >= 4 is 22.2 Å². The molecule has 0 aliphatic rings. The van der Waals surface area contributed by atoms with Gasteiger partial charge in [0.15, 0.2) is 0 Å². The van der Waals surface area contributed by atoms with Crippen molar-refractivity contribution in [3.05, 3.63) is 40.6 Å². The summed E-state index contributed by atoms with van der Waals surface area (Å²) in [7, 11) is 1.69. The first-order valence-electron chi connectivity index (χ1n) is 5.48. The molecule has 3 heteroatoms. The van der Waals surface area contributed by atoms with E-state index in [1.54, 1.807) is 18.4 Å². The highest BCUT2D eigenvalue weighted by molar-refractivity contribution is 7.10. The molecule has 17 heavy (non-hydrogen) atoms. The minimum Gasteiger partial charge on any atom is -0.497 e. The zero-order valence-corrected chi connectivity index (χ0v) is 10.6. The highest BCUT2D eigenvalue weighted by Crippen LogP contribution is 2.29. The number of hydrogen-bond donors (Lipinski definition) is 1. The molecule has 0 saturated heterocycles. The van der Waals surface area contributed by atoms with Gasteiger partial charge < -0.3 is 9.72 Å². The van der Waals surface area contributed by atoms with Gasteiger partial charge in [-0.15, -0.1) is 11.3 Å². The van der Waals surface area contributed by atoms with Crippen molar-refractivity contribution in [3.8, 4) is 17.0 Å². The average Bonchev–Trinajstić information content (AvgIpc) is 2.93. The lowest BCUT2D eigenvalue weighted by Crippen LogP contribution is -1.80. The normalized spacial score (nSPS) is 10.9. The van der Waals surface area contributed by atoms with Crippen molar-refractivity contribution in [1.29, 1.82) is 0 Å². The number of methoxy groups -OCH3 is 1. The third kappa shape index (κ3) is 1.83. The fourth-order valence-corrected chi connectivity index (χ4v) is 2.68. The van der Waals surface area contributed by atoms with Gasteiger partial charge in [0.05, 0.1) is 7.11 Å². The smallest absolute Gasteiger partial charge is 0.120 e. The number of aromatic nitrogens is 1. The van der Waals surface area contributed by atoms with E-state index < -0.39 is 0 Å². The summed E-state index contributed by atoms with van der Waals surface area (Å²) in [6.07, 6.45) is 0. The number of ether oxygens (including phenoxy) is 1. The van der Waals surface area contributed by atoms with Gasteiger partial charge in [-0.1, -0.05) is 0 Å². The molecule has 0 bridgehead atoms. The molecule has 2 aromatic heterocycles. The molecule has 0 radical (unpaired) electrons. The fourth-order valence-electron chi connectivity index (χ4n) is 1.97. The molecule has 0 unspecified atom stereocenters. The molecule has 0 aliphatic carbocycles. The second kappa shape index (κ2) is 3.93. The van der Waals surface area contributed by atoms with E-state index in [0.29, 0.717) is 0 Å². The molecule has 3 aromatic rings. The molecule has 1 N–H and O–H groups in total. The summed E-state index contributed by atoms with van der Waals surface area (Å²) in [5.41, 5.74) is 3.53. The zero-order chi connectivity index (χ0) is 11.8. The van der Waals surface area contributed by atoms with E-state index in [9.17, 15) is 0 Å². The van der Waals surface area contributed by atoms with Crippen molar-refractivity contribution < 1.29 is 4.74 Å². The molecule has 86 valence electrons. The van der Waals surface area contributed by atoms with Gasteiger partial charge in [-0.2, -0.15) is 0 Å². The molecule has 0 amide bonds. The Morgan fingerprint density at radius 1 is 1.18 bits per heavy atom. The van der Waals surface area contributed by atoms with Crippen LogP contribution >= 0.6 is 11.3 Å². The SMILES string of the molecule is COc1ccc2cc(-c3csc(C)c3)[nH]c2c1. The fraction of sp³-hybridized carbons (Fsp3) is 0.143. The Kier molecular flexibility index (Phi) is 2.41. The molecule has 2 heterocycles. The number of rotatable bonds is 2. The predicted octanol–water partition coefficient (Wildman–Crippen LogP) is 4.21. The van der Waals surface area contributed by atoms with Gasteiger partial charge in [-0.05, 0) is 31.2 Å². The number of nitrogens with one attached hydrogen (secondary N) is 1. The molecule has 3 rings (SSSR count). The second-order valence-electron chi connectivity index (χ2n) is 4.08. The van der Waals surface area contributed by atoms with Crippen molar-refractivity contribution in [2.24, 2.45) is 0 Å². The van der Waals surface area contributed by atoms with Gasteiger partial charge >= 0.3 is 0 Å². The monoisotopic (exact) mass is 243 g/mol. The van der Waals surface area contributed by atoms with Crippen LogP contribution in [0.1, 0.15) is 4.88 Å². The van der Waals surface area contributed by atoms with E-state index >= 15 is 0 Å². The lowest BCUT2D eigenvalue weighted by molar-refractivity contribution is 0.415. The molecule has 0 fully saturated rings. The third-order valence-electron chi connectivity index (χ3n) is 2.87. The molecule has 0 spiro atoms. The first-order valence-corrected chi connectivity index (χ1v) is 6.36. The maximum atomic E-state index is 5.22. The number of aromatic amines is 1. The number of benzene rings is 1. The van der Waals surface area contributed by atoms with Crippen molar-refractivity contribution in [2.45, 2.75) is 6.92 Å². The Hall–Kier alpha value is -1.74. The van der Waals surface area contributed by atoms with Crippen molar-refractivity contribution in [1.82, 2.24) is 4.98 Å². The summed E-state index contributed by atoms with van der Waals surface area (Å²) in [4.78, 5) is 4.76. The van der Waals surface area contributed by atoms with Crippen molar-refractivity contribution in [3.63, 3.8) is 0 Å². The van der Waals surface area contributed by atoms with E-state index in [-0.39, 0.29) is 0 Å². The highest BCUT2D eigenvalue weighted by atomic mass is 32.1. The summed E-state index contributed by atoms with van der Waals surface area (Å²) in [5, 5.41) is 3.39. The maximum Gasteiger partial charge on any atom is 0.120 e. The largest absolute Gasteiger partial charge is 0.497 e. The van der Waals surface area contributed by atoms with E-state index in [1.807, 2.05) is 12.1 Å². The van der Waals surface area contributed by atoms with Crippen LogP contribution in [0.3, 0.4) is 0 Å². The van der Waals surface area contributed by atoms with Crippen LogP contribution in [0, 0.1) is 6.92 Å². The zero-order valence-electron chi connectivity index (χ0n) is 9.78. The average molecular weight is 243 g/mol. The van der Waals surface area contributed by atoms with Gasteiger partial charge in [-0.3, -0.25) is 0 Å². The van der Waals surface area contributed by atoms with E-state index in [0.717, 1.165) is 17.0 Å². The Morgan fingerprint density at radius 3 is 2.76 bits per heavy atom. The number of hydrogen-bond acceptors (Lipinski definition) is 2. The summed E-state index contributed by atoms with van der Waals surface area (Å²) in [6, 6.07) is 10.5. The Morgan fingerprint density at radius 2 is 2.06 bits per heavy atom. The van der Waals surface area contributed by atoms with Crippen LogP contribution < -0.4 is 4.74 Å². The van der Waals surface area contributed by atoms with Crippen LogP contribution in [-0.2, 0) is 0 Å². The molecule has 2 nitrogen and oxygen atoms in total. The summed E-state index contributed by atoms with van der Waals surface area (Å²) < 4.78 is 5.22. The molecule has 0 atom stereocenters. The topological polar surface area (TPSA) is 25.0 Å². The van der Waals surface area contributed by atoms with Crippen LogP contribution in [0.5, 0.6) is 5.75 Å². The molecular formula is C14H13NOS. The summed E-state index contributed by atoms with van der Waals surface area (Å²) >= 11 is 1.77. The lowest BCUT2D eigenvalue weighted by atomic mass is 10.2. The maximum absolute atomic E-state index is 5.22. The van der Waals surface area contributed by atoms with Crippen LogP contribution in [0.15, 0.2) is 35.7 Å². The van der Waals surface area contributed by atoms with Crippen LogP contribution in [-0.4, -0.2) is 12.1 Å². The number of fused-ring (bicyclic) bond motifs is 1. The third-order valence-corrected chi connectivity index (χ3v) is 3.73. The summed E-state index contributed by atoms with van der Waals surface area (Å²) in [5.74, 6) is 0.882. The number of aryl methyl sites for hydroxylation is 1. The van der Waals surface area contributed by atoms with E-state index in [2.05, 4.69) is 35.5 Å². The quantitative estimate of drug-likeness (QED) is 0.716. The Balaban J connectivity index is 2.13. The van der Waals surface area contributed by atoms with Gasteiger partial charge in [0, 0.05) is 38.5 Å². The molecular weight excluding hydrogens is 230 g/mol.